The van der Waals surface area contributed by atoms with E-state index in [4.69, 9.17) is 0 Å². The number of anilines is 1. The average molecular weight is 331 g/mol. The first-order chi connectivity index (χ1) is 11.5. The number of benzene rings is 1. The zero-order valence-electron chi connectivity index (χ0n) is 15.0. The lowest BCUT2D eigenvalue weighted by molar-refractivity contribution is -0.118. The lowest BCUT2D eigenvalue weighted by Gasteiger charge is -2.28. The molecule has 1 fully saturated rings. The van der Waals surface area contributed by atoms with Crippen molar-refractivity contribution in [3.05, 3.63) is 29.8 Å². The molecule has 1 aliphatic rings. The van der Waals surface area contributed by atoms with Crippen molar-refractivity contribution < 1.29 is 9.59 Å². The molecule has 1 saturated carbocycles. The van der Waals surface area contributed by atoms with Gasteiger partial charge >= 0.3 is 6.03 Å². The van der Waals surface area contributed by atoms with Gasteiger partial charge in [0.25, 0.3) is 0 Å². The van der Waals surface area contributed by atoms with E-state index in [1.165, 1.54) is 12.0 Å². The summed E-state index contributed by atoms with van der Waals surface area (Å²) in [7, 11) is 0. The molecule has 132 valence electrons. The molecule has 1 aromatic carbocycles. The van der Waals surface area contributed by atoms with Crippen LogP contribution in [0.3, 0.4) is 0 Å². The van der Waals surface area contributed by atoms with Crippen LogP contribution >= 0.6 is 0 Å². The number of aryl methyl sites for hydroxylation is 1. The topological polar surface area (TPSA) is 61.4 Å². The minimum Gasteiger partial charge on any atom is -0.360 e. The van der Waals surface area contributed by atoms with Gasteiger partial charge in [0.1, 0.15) is 0 Å². The maximum Gasteiger partial charge on any atom is 0.321 e. The third-order valence-corrected chi connectivity index (χ3v) is 4.50. The quantitative estimate of drug-likeness (QED) is 0.869. The number of carbonyl (C=O) groups excluding carboxylic acids is 2. The Morgan fingerprint density at radius 2 is 1.75 bits per heavy atom. The molecule has 5 heteroatoms. The molecule has 0 unspecified atom stereocenters. The fourth-order valence-electron chi connectivity index (χ4n) is 3.10. The van der Waals surface area contributed by atoms with Gasteiger partial charge in [-0.15, -0.1) is 0 Å². The fourth-order valence-corrected chi connectivity index (χ4v) is 3.10. The Labute approximate surface area is 144 Å². The van der Waals surface area contributed by atoms with Gasteiger partial charge < -0.3 is 10.2 Å². The second kappa shape index (κ2) is 8.71. The van der Waals surface area contributed by atoms with Crippen LogP contribution in [0, 0.1) is 6.92 Å². The van der Waals surface area contributed by atoms with E-state index >= 15 is 0 Å². The summed E-state index contributed by atoms with van der Waals surface area (Å²) >= 11 is 0. The van der Waals surface area contributed by atoms with E-state index in [0.717, 1.165) is 31.4 Å². The number of hydrogen-bond acceptors (Lipinski definition) is 3. The first kappa shape index (κ1) is 18.3. The van der Waals surface area contributed by atoms with Crippen LogP contribution in [0.15, 0.2) is 24.3 Å². The zero-order chi connectivity index (χ0) is 17.5. The smallest absolute Gasteiger partial charge is 0.321 e. The van der Waals surface area contributed by atoms with Crippen LogP contribution in [-0.4, -0.2) is 30.6 Å². The highest BCUT2D eigenvalue weighted by Crippen LogP contribution is 2.18. The molecule has 5 nitrogen and oxygen atoms in total. The molecule has 0 saturated heterocycles. The summed E-state index contributed by atoms with van der Waals surface area (Å²) in [6, 6.07) is 8.05. The van der Waals surface area contributed by atoms with Gasteiger partial charge in [-0.3, -0.25) is 10.1 Å². The largest absolute Gasteiger partial charge is 0.360 e. The van der Waals surface area contributed by atoms with Gasteiger partial charge in [0.15, 0.2) is 0 Å². The number of imide groups is 1. The van der Waals surface area contributed by atoms with Crippen LogP contribution in [0.25, 0.3) is 0 Å². The monoisotopic (exact) mass is 331 g/mol. The molecule has 0 bridgehead atoms. The van der Waals surface area contributed by atoms with Crippen molar-refractivity contribution in [2.45, 2.75) is 65.0 Å². The number of carbonyl (C=O) groups is 2. The molecule has 1 aliphatic carbocycles. The van der Waals surface area contributed by atoms with Crippen LogP contribution in [0.5, 0.6) is 0 Å². The molecule has 2 N–H and O–H groups in total. The van der Waals surface area contributed by atoms with Crippen molar-refractivity contribution in [2.24, 2.45) is 0 Å². The number of rotatable bonds is 5. The van der Waals surface area contributed by atoms with Gasteiger partial charge in [0, 0.05) is 17.8 Å². The predicted octanol–water partition coefficient (Wildman–Crippen LogP) is 3.37. The number of nitrogens with one attached hydrogen (secondary N) is 2. The number of amides is 3. The zero-order valence-corrected chi connectivity index (χ0v) is 15.0. The van der Waals surface area contributed by atoms with E-state index in [9.17, 15) is 9.59 Å². The van der Waals surface area contributed by atoms with Crippen molar-refractivity contribution in [2.75, 3.05) is 11.4 Å². The molecule has 0 aromatic heterocycles. The molecular formula is C19H29N3O2. The Kier molecular flexibility index (Phi) is 6.64. The van der Waals surface area contributed by atoms with E-state index in [1.807, 2.05) is 49.9 Å². The van der Waals surface area contributed by atoms with E-state index in [0.29, 0.717) is 0 Å². The van der Waals surface area contributed by atoms with Gasteiger partial charge in [-0.05, 0) is 45.7 Å². The maximum atomic E-state index is 12.2. The fraction of sp³-hybridized carbons (Fsp3) is 0.579. The normalized spacial score (nSPS) is 15.2. The predicted molar refractivity (Wildman–Crippen MR) is 97.2 cm³/mol. The first-order valence-electron chi connectivity index (χ1n) is 8.89. The van der Waals surface area contributed by atoms with E-state index in [2.05, 4.69) is 10.6 Å². The lowest BCUT2D eigenvalue weighted by Crippen LogP contribution is -2.49. The summed E-state index contributed by atoms with van der Waals surface area (Å²) in [6.45, 7) is 6.27. The Morgan fingerprint density at radius 3 is 2.33 bits per heavy atom. The van der Waals surface area contributed by atoms with Crippen molar-refractivity contribution in [3.8, 4) is 0 Å². The molecule has 24 heavy (non-hydrogen) atoms. The highest BCUT2D eigenvalue weighted by molar-refractivity contribution is 5.96. The minimum absolute atomic E-state index is 0.165. The molecule has 0 atom stereocenters. The summed E-state index contributed by atoms with van der Waals surface area (Å²) < 4.78 is 0. The Bertz CT molecular complexity index is 548. The van der Waals surface area contributed by atoms with E-state index in [-0.39, 0.29) is 30.6 Å². The number of hydrogen-bond donors (Lipinski definition) is 2. The Hall–Kier alpha value is -2.04. The van der Waals surface area contributed by atoms with E-state index < -0.39 is 0 Å². The summed E-state index contributed by atoms with van der Waals surface area (Å²) in [5, 5.41) is 5.37. The minimum atomic E-state index is -0.375. The molecule has 1 aromatic rings. The van der Waals surface area contributed by atoms with Gasteiger partial charge in [-0.25, -0.2) is 4.79 Å². The van der Waals surface area contributed by atoms with Crippen molar-refractivity contribution in [1.82, 2.24) is 10.6 Å². The molecule has 0 heterocycles. The summed E-state index contributed by atoms with van der Waals surface area (Å²) in [5.74, 6) is -0.280. The van der Waals surface area contributed by atoms with E-state index in [1.54, 1.807) is 0 Å². The molecule has 0 aliphatic heterocycles. The maximum absolute atomic E-state index is 12.2. The second-order valence-corrected chi connectivity index (χ2v) is 6.91. The molecular weight excluding hydrogens is 302 g/mol. The third kappa shape index (κ3) is 5.55. The molecule has 0 radical (unpaired) electrons. The van der Waals surface area contributed by atoms with Gasteiger partial charge in [-0.2, -0.15) is 0 Å². The van der Waals surface area contributed by atoms with Crippen LogP contribution in [0.4, 0.5) is 10.5 Å². The molecule has 2 rings (SSSR count). The first-order valence-corrected chi connectivity index (χ1v) is 8.89. The summed E-state index contributed by atoms with van der Waals surface area (Å²) in [5.41, 5.74) is 2.16. The van der Waals surface area contributed by atoms with Crippen LogP contribution in [0.1, 0.15) is 51.5 Å². The Balaban J connectivity index is 1.88. The third-order valence-electron chi connectivity index (χ3n) is 4.50. The SMILES string of the molecule is Cc1ccc(N(CC(=O)NC(=O)NC2CCCCC2)C(C)C)cc1. The highest BCUT2D eigenvalue weighted by Gasteiger charge is 2.19. The van der Waals surface area contributed by atoms with Crippen LogP contribution in [0.2, 0.25) is 0 Å². The standard InChI is InChI=1S/C19H29N3O2/c1-14(2)22(17-11-9-15(3)10-12-17)13-18(23)21-19(24)20-16-7-5-4-6-8-16/h9-12,14,16H,4-8,13H2,1-3H3,(H2,20,21,23,24). The summed E-state index contributed by atoms with van der Waals surface area (Å²) in [6.07, 6.45) is 5.53. The van der Waals surface area contributed by atoms with Crippen molar-refractivity contribution in [1.29, 1.82) is 0 Å². The van der Waals surface area contributed by atoms with Crippen molar-refractivity contribution in [3.63, 3.8) is 0 Å². The number of urea groups is 1. The van der Waals surface area contributed by atoms with Crippen molar-refractivity contribution >= 4 is 17.6 Å². The summed E-state index contributed by atoms with van der Waals surface area (Å²) in [4.78, 5) is 26.2. The number of nitrogens with zero attached hydrogens (tertiary/aromatic N) is 1. The lowest BCUT2D eigenvalue weighted by atomic mass is 9.96. The Morgan fingerprint density at radius 1 is 1.12 bits per heavy atom. The van der Waals surface area contributed by atoms with Gasteiger partial charge in [0.05, 0.1) is 6.54 Å². The molecule has 0 spiro atoms. The van der Waals surface area contributed by atoms with Crippen LogP contribution in [-0.2, 0) is 4.79 Å². The molecule has 3 amide bonds. The van der Waals surface area contributed by atoms with Gasteiger partial charge in [-0.1, -0.05) is 37.0 Å². The van der Waals surface area contributed by atoms with Crippen LogP contribution < -0.4 is 15.5 Å². The second-order valence-electron chi connectivity index (χ2n) is 6.91. The average Bonchev–Trinajstić information content (AvgIpc) is 2.54. The highest BCUT2D eigenvalue weighted by atomic mass is 16.2. The van der Waals surface area contributed by atoms with Gasteiger partial charge in [0.2, 0.25) is 5.91 Å².